The number of rotatable bonds is 4. The second kappa shape index (κ2) is 6.68. The van der Waals surface area contributed by atoms with Crippen LogP contribution in [0.1, 0.15) is 33.6 Å². The van der Waals surface area contributed by atoms with Crippen LogP contribution in [0.25, 0.3) is 11.1 Å². The number of aliphatic carboxylic acids is 1. The lowest BCUT2D eigenvalue weighted by Crippen LogP contribution is -2.21. The van der Waals surface area contributed by atoms with Crippen molar-refractivity contribution in [2.45, 2.75) is 12.8 Å². The van der Waals surface area contributed by atoms with Gasteiger partial charge in [-0.15, -0.1) is 0 Å². The molecule has 0 spiro atoms. The maximum atomic E-state index is 12.4. The molecule has 25 heavy (non-hydrogen) atoms. The lowest BCUT2D eigenvalue weighted by atomic mass is 9.83. The Hall–Kier alpha value is -3.28. The van der Waals surface area contributed by atoms with Gasteiger partial charge < -0.3 is 9.84 Å². The largest absolute Gasteiger partial charge is 0.484 e. The number of ether oxygens (including phenoxy) is 1. The predicted octanol–water partition coefficient (Wildman–Crippen LogP) is 3.27. The van der Waals surface area contributed by atoms with Gasteiger partial charge in [-0.1, -0.05) is 36.4 Å². The van der Waals surface area contributed by atoms with Crippen molar-refractivity contribution in [2.75, 3.05) is 7.11 Å². The molecule has 0 amide bonds. The zero-order valence-electron chi connectivity index (χ0n) is 13.5. The molecule has 1 aliphatic rings. The minimum absolute atomic E-state index is 0.115. The third kappa shape index (κ3) is 3.06. The molecule has 0 fully saturated rings. The van der Waals surface area contributed by atoms with Crippen molar-refractivity contribution in [2.24, 2.45) is 4.99 Å². The summed E-state index contributed by atoms with van der Waals surface area (Å²) in [6.45, 7) is 0. The van der Waals surface area contributed by atoms with E-state index in [1.54, 1.807) is 42.5 Å². The van der Waals surface area contributed by atoms with Crippen LogP contribution in [0, 0.1) is 0 Å². The second-order valence-corrected chi connectivity index (χ2v) is 5.51. The van der Waals surface area contributed by atoms with E-state index < -0.39 is 17.5 Å². The smallest absolute Gasteiger partial charge is 0.303 e. The van der Waals surface area contributed by atoms with Gasteiger partial charge in [0.2, 0.25) is 11.6 Å². The molecule has 2 aromatic carbocycles. The molecule has 3 rings (SSSR count). The number of carbonyl (C=O) groups excluding carboxylic acids is 2. The molecule has 126 valence electrons. The van der Waals surface area contributed by atoms with Crippen LogP contribution in [-0.2, 0) is 9.53 Å². The summed E-state index contributed by atoms with van der Waals surface area (Å²) in [7, 11) is 1.42. The van der Waals surface area contributed by atoms with E-state index in [2.05, 4.69) is 4.99 Å². The van der Waals surface area contributed by atoms with Gasteiger partial charge in [-0.2, -0.15) is 0 Å². The van der Waals surface area contributed by atoms with Gasteiger partial charge >= 0.3 is 5.97 Å². The van der Waals surface area contributed by atoms with E-state index in [9.17, 15) is 14.4 Å². The first-order chi connectivity index (χ1) is 12.0. The minimum Gasteiger partial charge on any atom is -0.484 e. The van der Waals surface area contributed by atoms with Gasteiger partial charge in [-0.3, -0.25) is 14.4 Å². The molecule has 6 heteroatoms. The van der Waals surface area contributed by atoms with Crippen molar-refractivity contribution in [3.63, 3.8) is 0 Å². The van der Waals surface area contributed by atoms with Gasteiger partial charge in [0.15, 0.2) is 5.90 Å². The van der Waals surface area contributed by atoms with Crippen molar-refractivity contribution in [1.29, 1.82) is 0 Å². The number of carbonyl (C=O) groups is 3. The Morgan fingerprint density at radius 3 is 2.28 bits per heavy atom. The highest BCUT2D eigenvalue weighted by Gasteiger charge is 2.31. The molecule has 0 heterocycles. The number of fused-ring (bicyclic) bond motifs is 3. The maximum absolute atomic E-state index is 12.4. The first kappa shape index (κ1) is 16.6. The first-order valence-electron chi connectivity index (χ1n) is 7.67. The predicted molar refractivity (Wildman–Crippen MR) is 91.5 cm³/mol. The molecule has 0 bridgehead atoms. The van der Waals surface area contributed by atoms with E-state index in [-0.39, 0.29) is 18.7 Å². The third-order valence-electron chi connectivity index (χ3n) is 3.97. The Morgan fingerprint density at radius 2 is 1.60 bits per heavy atom. The average molecular weight is 337 g/mol. The lowest BCUT2D eigenvalue weighted by molar-refractivity contribution is -0.136. The molecule has 1 N–H and O–H groups in total. The van der Waals surface area contributed by atoms with E-state index in [0.29, 0.717) is 27.9 Å². The van der Waals surface area contributed by atoms with Crippen molar-refractivity contribution in [1.82, 2.24) is 0 Å². The molecule has 0 radical (unpaired) electrons. The quantitative estimate of drug-likeness (QED) is 0.525. The summed E-state index contributed by atoms with van der Waals surface area (Å²) in [4.78, 5) is 39.8. The zero-order valence-corrected chi connectivity index (χ0v) is 13.5. The Morgan fingerprint density at radius 1 is 0.960 bits per heavy atom. The summed E-state index contributed by atoms with van der Waals surface area (Å²) < 4.78 is 5.17. The number of benzene rings is 2. The number of Topliss-reactive ketones (excluding diaryl/α,β-unsaturated/α-hetero) is 2. The van der Waals surface area contributed by atoms with E-state index in [4.69, 9.17) is 9.84 Å². The molecule has 2 aromatic rings. The number of hydrogen-bond donors (Lipinski definition) is 1. The van der Waals surface area contributed by atoms with Crippen molar-refractivity contribution in [3.05, 3.63) is 53.6 Å². The van der Waals surface area contributed by atoms with Crippen molar-refractivity contribution in [3.8, 4) is 11.1 Å². The molecule has 0 saturated heterocycles. The number of ketones is 2. The summed E-state index contributed by atoms with van der Waals surface area (Å²) in [6, 6.07) is 11.8. The van der Waals surface area contributed by atoms with Crippen LogP contribution < -0.4 is 0 Å². The summed E-state index contributed by atoms with van der Waals surface area (Å²) in [5.74, 6) is -1.82. The highest BCUT2D eigenvalue weighted by molar-refractivity contribution is 6.53. The van der Waals surface area contributed by atoms with Crippen LogP contribution in [0.2, 0.25) is 0 Å². The summed E-state index contributed by atoms with van der Waals surface area (Å²) >= 11 is 0. The Bertz CT molecular complexity index is 914. The highest BCUT2D eigenvalue weighted by atomic mass is 16.5. The first-order valence-corrected chi connectivity index (χ1v) is 7.67. The highest BCUT2D eigenvalue weighted by Crippen LogP contribution is 2.40. The van der Waals surface area contributed by atoms with E-state index >= 15 is 0 Å². The molecular formula is C19H15NO5. The topological polar surface area (TPSA) is 93.0 Å². The zero-order chi connectivity index (χ0) is 18.0. The molecule has 0 unspecified atom stereocenters. The van der Waals surface area contributed by atoms with Crippen LogP contribution >= 0.6 is 0 Å². The Kier molecular flexibility index (Phi) is 4.43. The summed E-state index contributed by atoms with van der Waals surface area (Å²) in [5, 5.41) is 8.82. The molecule has 1 aliphatic carbocycles. The lowest BCUT2D eigenvalue weighted by Gasteiger charge is -2.19. The number of nitrogens with zero attached hydrogens (tertiary/aromatic N) is 1. The van der Waals surface area contributed by atoms with Crippen LogP contribution in [0.5, 0.6) is 0 Å². The van der Waals surface area contributed by atoms with Gasteiger partial charge in [0.25, 0.3) is 0 Å². The van der Waals surface area contributed by atoms with Gasteiger partial charge in [0.1, 0.15) is 0 Å². The molecular weight excluding hydrogens is 322 g/mol. The maximum Gasteiger partial charge on any atom is 0.303 e. The second-order valence-electron chi connectivity index (χ2n) is 5.51. The Balaban J connectivity index is 2.15. The van der Waals surface area contributed by atoms with Gasteiger partial charge in [0.05, 0.1) is 19.2 Å². The fourth-order valence-corrected chi connectivity index (χ4v) is 2.80. The number of hydrogen-bond acceptors (Lipinski definition) is 5. The minimum atomic E-state index is -0.953. The summed E-state index contributed by atoms with van der Waals surface area (Å²) in [6.07, 6.45) is 0.0136. The SMILES string of the molecule is COC(CCC(=O)O)=Nc1cccc2c1-c1ccccc1C(=O)C2=O. The number of carboxylic acids is 1. The molecule has 0 aliphatic heterocycles. The standard InChI is InChI=1S/C19H15NO5/c1-25-15(9-10-16(21)22)20-14-8-4-7-13-17(14)11-5-2-3-6-12(11)18(23)19(13)24/h2-8H,9-10H2,1H3,(H,21,22). The van der Waals surface area contributed by atoms with E-state index in [0.717, 1.165) is 0 Å². The van der Waals surface area contributed by atoms with Crippen LogP contribution in [-0.4, -0.2) is 35.6 Å². The Labute approximate surface area is 143 Å². The van der Waals surface area contributed by atoms with Crippen LogP contribution in [0.15, 0.2) is 47.5 Å². The number of carboxylic acid groups (broad SMARTS) is 1. The number of methoxy groups -OCH3 is 1. The van der Waals surface area contributed by atoms with E-state index in [1.165, 1.54) is 7.11 Å². The monoisotopic (exact) mass is 337 g/mol. The fourth-order valence-electron chi connectivity index (χ4n) is 2.80. The number of aliphatic imine (C=N–C) groups is 1. The average Bonchev–Trinajstić information content (AvgIpc) is 2.62. The summed E-state index contributed by atoms with van der Waals surface area (Å²) in [5.41, 5.74) is 2.29. The molecule has 0 saturated carbocycles. The van der Waals surface area contributed by atoms with Crippen molar-refractivity contribution < 1.29 is 24.2 Å². The molecule has 6 nitrogen and oxygen atoms in total. The van der Waals surface area contributed by atoms with E-state index in [1.807, 2.05) is 0 Å². The third-order valence-corrected chi connectivity index (χ3v) is 3.97. The normalized spacial score (nSPS) is 13.2. The molecule has 0 atom stereocenters. The van der Waals surface area contributed by atoms with Crippen LogP contribution in [0.3, 0.4) is 0 Å². The fraction of sp³-hybridized carbons (Fsp3) is 0.158. The van der Waals surface area contributed by atoms with Gasteiger partial charge in [0, 0.05) is 23.1 Å². The van der Waals surface area contributed by atoms with Crippen LogP contribution in [0.4, 0.5) is 5.69 Å². The van der Waals surface area contributed by atoms with Gasteiger partial charge in [-0.25, -0.2) is 4.99 Å². The van der Waals surface area contributed by atoms with Crippen molar-refractivity contribution >= 4 is 29.1 Å². The van der Waals surface area contributed by atoms with Gasteiger partial charge in [-0.05, 0) is 11.6 Å². The molecule has 0 aromatic heterocycles.